The standard InChI is InChI=1S/C15H19NO5/c1-3-4-14(17)21-10(2)15(18)16-8-11-5-6-12-13(7-11)20-9-19-12/h5-7,10H,3-4,8-9H2,1-2H3,(H,16,18)/t10-/m0/s1. The summed E-state index contributed by atoms with van der Waals surface area (Å²) in [6.07, 6.45) is 0.225. The number of amides is 1. The Morgan fingerprint density at radius 2 is 2.10 bits per heavy atom. The van der Waals surface area contributed by atoms with Crippen LogP contribution in [0.3, 0.4) is 0 Å². The Morgan fingerprint density at radius 1 is 1.33 bits per heavy atom. The Hall–Kier alpha value is -2.24. The highest BCUT2D eigenvalue weighted by Crippen LogP contribution is 2.32. The number of ether oxygens (including phenoxy) is 3. The minimum absolute atomic E-state index is 0.218. The number of rotatable bonds is 6. The van der Waals surface area contributed by atoms with Gasteiger partial charge in [-0.15, -0.1) is 0 Å². The Labute approximate surface area is 123 Å². The second kappa shape index (κ2) is 6.97. The summed E-state index contributed by atoms with van der Waals surface area (Å²) in [7, 11) is 0. The van der Waals surface area contributed by atoms with E-state index in [0.29, 0.717) is 30.9 Å². The smallest absolute Gasteiger partial charge is 0.306 e. The van der Waals surface area contributed by atoms with Crippen LogP contribution >= 0.6 is 0 Å². The molecule has 0 unspecified atom stereocenters. The van der Waals surface area contributed by atoms with Gasteiger partial charge in [0.2, 0.25) is 6.79 Å². The number of carbonyl (C=O) groups excluding carboxylic acids is 2. The van der Waals surface area contributed by atoms with Gasteiger partial charge in [-0.1, -0.05) is 13.0 Å². The van der Waals surface area contributed by atoms with Gasteiger partial charge in [0.1, 0.15) is 0 Å². The van der Waals surface area contributed by atoms with Crippen molar-refractivity contribution in [2.75, 3.05) is 6.79 Å². The Morgan fingerprint density at radius 3 is 2.86 bits per heavy atom. The maximum Gasteiger partial charge on any atom is 0.306 e. The molecule has 1 amide bonds. The van der Waals surface area contributed by atoms with Gasteiger partial charge in [-0.3, -0.25) is 9.59 Å². The lowest BCUT2D eigenvalue weighted by Gasteiger charge is -2.13. The minimum atomic E-state index is -0.793. The molecule has 0 radical (unpaired) electrons. The van der Waals surface area contributed by atoms with Gasteiger partial charge in [-0.25, -0.2) is 0 Å². The second-order valence-corrected chi connectivity index (χ2v) is 4.79. The summed E-state index contributed by atoms with van der Waals surface area (Å²) >= 11 is 0. The quantitative estimate of drug-likeness (QED) is 0.809. The molecule has 0 bridgehead atoms. The van der Waals surface area contributed by atoms with E-state index in [-0.39, 0.29) is 18.7 Å². The lowest BCUT2D eigenvalue weighted by Crippen LogP contribution is -2.35. The highest BCUT2D eigenvalue weighted by atomic mass is 16.7. The Bertz CT molecular complexity index is 529. The predicted octanol–water partition coefficient (Wildman–Crippen LogP) is 1.76. The van der Waals surface area contributed by atoms with Crippen LogP contribution in [-0.4, -0.2) is 24.8 Å². The van der Waals surface area contributed by atoms with Crippen molar-refractivity contribution < 1.29 is 23.8 Å². The van der Waals surface area contributed by atoms with Crippen molar-refractivity contribution >= 4 is 11.9 Å². The molecule has 0 saturated heterocycles. The van der Waals surface area contributed by atoms with Crippen molar-refractivity contribution in [2.24, 2.45) is 0 Å². The summed E-state index contributed by atoms with van der Waals surface area (Å²) in [6.45, 7) is 3.99. The van der Waals surface area contributed by atoms with E-state index in [9.17, 15) is 9.59 Å². The monoisotopic (exact) mass is 293 g/mol. The summed E-state index contributed by atoms with van der Waals surface area (Å²) in [5.41, 5.74) is 0.889. The first-order valence-electron chi connectivity index (χ1n) is 6.96. The van der Waals surface area contributed by atoms with Gasteiger partial charge in [0.25, 0.3) is 5.91 Å². The van der Waals surface area contributed by atoms with E-state index in [1.54, 1.807) is 13.0 Å². The van der Waals surface area contributed by atoms with Crippen LogP contribution in [0.5, 0.6) is 11.5 Å². The molecule has 1 N–H and O–H groups in total. The molecule has 114 valence electrons. The number of carbonyl (C=O) groups is 2. The molecule has 0 spiro atoms. The number of esters is 1. The lowest BCUT2D eigenvalue weighted by molar-refractivity contribution is -0.154. The van der Waals surface area contributed by atoms with Crippen LogP contribution in [-0.2, 0) is 20.9 Å². The zero-order chi connectivity index (χ0) is 15.2. The number of fused-ring (bicyclic) bond motifs is 1. The van der Waals surface area contributed by atoms with E-state index in [0.717, 1.165) is 5.56 Å². The molecular weight excluding hydrogens is 274 g/mol. The topological polar surface area (TPSA) is 73.9 Å². The minimum Gasteiger partial charge on any atom is -0.454 e. The molecule has 1 heterocycles. The molecule has 1 aromatic carbocycles. The fraction of sp³-hybridized carbons (Fsp3) is 0.467. The highest BCUT2D eigenvalue weighted by molar-refractivity contribution is 5.83. The summed E-state index contributed by atoms with van der Waals surface area (Å²) < 4.78 is 15.5. The maximum absolute atomic E-state index is 11.8. The molecule has 0 saturated carbocycles. The van der Waals surface area contributed by atoms with Gasteiger partial charge in [-0.2, -0.15) is 0 Å². The molecule has 1 atom stereocenters. The van der Waals surface area contributed by atoms with Crippen molar-refractivity contribution in [1.29, 1.82) is 0 Å². The molecule has 21 heavy (non-hydrogen) atoms. The van der Waals surface area contributed by atoms with Gasteiger partial charge >= 0.3 is 5.97 Å². The molecule has 0 fully saturated rings. The van der Waals surface area contributed by atoms with Gasteiger partial charge in [-0.05, 0) is 31.0 Å². The molecule has 1 aromatic rings. The molecular formula is C15H19NO5. The third-order valence-electron chi connectivity index (χ3n) is 3.04. The van der Waals surface area contributed by atoms with Gasteiger partial charge in [0.15, 0.2) is 17.6 Å². The number of hydrogen-bond donors (Lipinski definition) is 1. The molecule has 0 aromatic heterocycles. The molecule has 2 rings (SSSR count). The van der Waals surface area contributed by atoms with E-state index >= 15 is 0 Å². The van der Waals surface area contributed by atoms with Crippen LogP contribution in [0.15, 0.2) is 18.2 Å². The van der Waals surface area contributed by atoms with E-state index in [1.165, 1.54) is 0 Å². The predicted molar refractivity (Wildman–Crippen MR) is 74.9 cm³/mol. The van der Waals surface area contributed by atoms with Gasteiger partial charge in [0.05, 0.1) is 0 Å². The first-order chi connectivity index (χ1) is 10.1. The van der Waals surface area contributed by atoms with Crippen LogP contribution in [0.4, 0.5) is 0 Å². The number of benzene rings is 1. The largest absolute Gasteiger partial charge is 0.454 e. The van der Waals surface area contributed by atoms with Crippen LogP contribution in [0.1, 0.15) is 32.3 Å². The van der Waals surface area contributed by atoms with E-state index in [1.807, 2.05) is 19.1 Å². The van der Waals surface area contributed by atoms with Crippen molar-refractivity contribution in [3.05, 3.63) is 23.8 Å². The number of hydrogen-bond acceptors (Lipinski definition) is 5. The average molecular weight is 293 g/mol. The fourth-order valence-corrected chi connectivity index (χ4v) is 1.90. The first kappa shape index (κ1) is 15.2. The van der Waals surface area contributed by atoms with Crippen molar-refractivity contribution in [2.45, 2.75) is 39.3 Å². The Balaban J connectivity index is 1.82. The highest BCUT2D eigenvalue weighted by Gasteiger charge is 2.18. The average Bonchev–Trinajstić information content (AvgIpc) is 2.92. The first-order valence-corrected chi connectivity index (χ1v) is 6.96. The zero-order valence-corrected chi connectivity index (χ0v) is 12.2. The molecule has 1 aliphatic heterocycles. The lowest BCUT2D eigenvalue weighted by atomic mass is 10.2. The second-order valence-electron chi connectivity index (χ2n) is 4.79. The van der Waals surface area contributed by atoms with E-state index in [2.05, 4.69) is 5.32 Å². The normalized spacial score (nSPS) is 13.6. The molecule has 6 heteroatoms. The zero-order valence-electron chi connectivity index (χ0n) is 12.2. The van der Waals surface area contributed by atoms with Gasteiger partial charge in [0, 0.05) is 13.0 Å². The van der Waals surface area contributed by atoms with Crippen LogP contribution in [0, 0.1) is 0 Å². The summed E-state index contributed by atoms with van der Waals surface area (Å²) in [6, 6.07) is 5.46. The van der Waals surface area contributed by atoms with Gasteiger partial charge < -0.3 is 19.5 Å². The van der Waals surface area contributed by atoms with Crippen molar-refractivity contribution in [3.63, 3.8) is 0 Å². The Kier molecular flexibility index (Phi) is 5.03. The molecule has 6 nitrogen and oxygen atoms in total. The van der Waals surface area contributed by atoms with Crippen LogP contribution in [0.2, 0.25) is 0 Å². The van der Waals surface area contributed by atoms with Crippen molar-refractivity contribution in [3.8, 4) is 11.5 Å². The van der Waals surface area contributed by atoms with Crippen LogP contribution < -0.4 is 14.8 Å². The molecule has 1 aliphatic rings. The third kappa shape index (κ3) is 4.11. The summed E-state index contributed by atoms with van der Waals surface area (Å²) in [4.78, 5) is 23.2. The SMILES string of the molecule is CCCC(=O)O[C@@H](C)C(=O)NCc1ccc2c(c1)OCO2. The summed E-state index contributed by atoms with van der Waals surface area (Å²) in [5.74, 6) is 0.691. The fourth-order valence-electron chi connectivity index (χ4n) is 1.90. The van der Waals surface area contributed by atoms with Crippen LogP contribution in [0.25, 0.3) is 0 Å². The van der Waals surface area contributed by atoms with E-state index in [4.69, 9.17) is 14.2 Å². The number of nitrogens with one attached hydrogen (secondary N) is 1. The van der Waals surface area contributed by atoms with Crippen molar-refractivity contribution in [1.82, 2.24) is 5.32 Å². The summed E-state index contributed by atoms with van der Waals surface area (Å²) in [5, 5.41) is 2.72. The molecule has 0 aliphatic carbocycles. The maximum atomic E-state index is 11.8. The third-order valence-corrected chi connectivity index (χ3v) is 3.04. The van der Waals surface area contributed by atoms with E-state index < -0.39 is 6.10 Å².